The van der Waals surface area contributed by atoms with Crippen LogP contribution in [-0.4, -0.2) is 44.5 Å². The van der Waals surface area contributed by atoms with Gasteiger partial charge >= 0.3 is 0 Å². The lowest BCUT2D eigenvalue weighted by Gasteiger charge is -2.33. The third kappa shape index (κ3) is 4.13. The molecule has 1 saturated heterocycles. The van der Waals surface area contributed by atoms with Crippen molar-refractivity contribution in [3.05, 3.63) is 23.8 Å². The summed E-state index contributed by atoms with van der Waals surface area (Å²) in [5.41, 5.74) is 0.840. The normalized spacial score (nSPS) is 19.8. The molecule has 0 radical (unpaired) electrons. The molecule has 1 aromatic rings. The topological polar surface area (TPSA) is 58.6 Å². The van der Waals surface area contributed by atoms with Gasteiger partial charge in [-0.1, -0.05) is 0 Å². The Hall–Kier alpha value is -0.820. The lowest BCUT2D eigenvalue weighted by atomic mass is 10.2. The van der Waals surface area contributed by atoms with E-state index in [9.17, 15) is 8.42 Å². The smallest absolute Gasteiger partial charge is 0.243 e. The molecule has 126 valence electrons. The molecule has 1 atom stereocenters. The highest BCUT2D eigenvalue weighted by molar-refractivity contribution is 7.89. The van der Waals surface area contributed by atoms with Gasteiger partial charge in [-0.05, 0) is 51.5 Å². The third-order valence-electron chi connectivity index (χ3n) is 3.56. The van der Waals surface area contributed by atoms with Crippen LogP contribution >= 0.6 is 12.4 Å². The SMILES string of the molecule is Cc1cc(S(=O)(=O)N2CCNC[C@@H]2C)ccc1OC(C)C.Cl. The molecule has 0 aromatic heterocycles. The van der Waals surface area contributed by atoms with Crippen molar-refractivity contribution in [2.45, 2.75) is 44.7 Å². The number of benzene rings is 1. The van der Waals surface area contributed by atoms with Gasteiger partial charge in [0.1, 0.15) is 5.75 Å². The number of nitrogens with one attached hydrogen (secondary N) is 1. The number of rotatable bonds is 4. The van der Waals surface area contributed by atoms with Gasteiger partial charge in [0.2, 0.25) is 10.0 Å². The molecule has 0 spiro atoms. The van der Waals surface area contributed by atoms with E-state index >= 15 is 0 Å². The van der Waals surface area contributed by atoms with E-state index in [2.05, 4.69) is 5.32 Å². The van der Waals surface area contributed by atoms with E-state index in [-0.39, 0.29) is 24.6 Å². The molecule has 22 heavy (non-hydrogen) atoms. The first-order valence-corrected chi connectivity index (χ1v) is 8.76. The van der Waals surface area contributed by atoms with E-state index in [4.69, 9.17) is 4.74 Å². The van der Waals surface area contributed by atoms with Crippen LogP contribution in [0.5, 0.6) is 5.75 Å². The first-order valence-electron chi connectivity index (χ1n) is 7.32. The summed E-state index contributed by atoms with van der Waals surface area (Å²) in [7, 11) is -3.44. The second kappa shape index (κ2) is 7.64. The largest absolute Gasteiger partial charge is 0.491 e. The average molecular weight is 349 g/mol. The van der Waals surface area contributed by atoms with Crippen LogP contribution in [0.2, 0.25) is 0 Å². The maximum absolute atomic E-state index is 12.7. The Bertz CT molecular complexity index is 605. The van der Waals surface area contributed by atoms with Crippen molar-refractivity contribution >= 4 is 22.4 Å². The molecule has 7 heteroatoms. The Balaban J connectivity index is 0.00000242. The summed E-state index contributed by atoms with van der Waals surface area (Å²) in [4.78, 5) is 0.338. The zero-order valence-corrected chi connectivity index (χ0v) is 15.1. The van der Waals surface area contributed by atoms with Gasteiger partial charge in [0.15, 0.2) is 0 Å². The summed E-state index contributed by atoms with van der Waals surface area (Å²) in [5.74, 6) is 0.734. The van der Waals surface area contributed by atoms with Crippen molar-refractivity contribution < 1.29 is 13.2 Å². The highest BCUT2D eigenvalue weighted by Gasteiger charge is 2.31. The Morgan fingerprint density at radius 3 is 2.59 bits per heavy atom. The fraction of sp³-hybridized carbons (Fsp3) is 0.600. The molecule has 1 aliphatic rings. The molecular formula is C15H25ClN2O3S. The van der Waals surface area contributed by atoms with Crippen molar-refractivity contribution in [2.75, 3.05) is 19.6 Å². The molecule has 0 bridgehead atoms. The number of hydrogen-bond donors (Lipinski definition) is 1. The summed E-state index contributed by atoms with van der Waals surface area (Å²) in [6.07, 6.45) is 0.0688. The number of nitrogens with zero attached hydrogens (tertiary/aromatic N) is 1. The van der Waals surface area contributed by atoms with Crippen LogP contribution in [0, 0.1) is 6.92 Å². The van der Waals surface area contributed by atoms with Crippen LogP contribution in [0.3, 0.4) is 0 Å². The van der Waals surface area contributed by atoms with Gasteiger partial charge in [0, 0.05) is 25.7 Å². The predicted octanol–water partition coefficient (Wildman–Crippen LogP) is 2.19. The molecule has 1 heterocycles. The van der Waals surface area contributed by atoms with Crippen LogP contribution in [0.1, 0.15) is 26.3 Å². The molecule has 1 fully saturated rings. The molecule has 0 saturated carbocycles. The minimum absolute atomic E-state index is 0. The van der Waals surface area contributed by atoms with Crippen molar-refractivity contribution in [1.29, 1.82) is 0 Å². The second-order valence-corrected chi connectivity index (χ2v) is 7.65. The van der Waals surface area contributed by atoms with Crippen molar-refractivity contribution in [3.63, 3.8) is 0 Å². The van der Waals surface area contributed by atoms with Crippen molar-refractivity contribution in [3.8, 4) is 5.75 Å². The van der Waals surface area contributed by atoms with Crippen molar-refractivity contribution in [2.24, 2.45) is 0 Å². The second-order valence-electron chi connectivity index (χ2n) is 5.76. The van der Waals surface area contributed by atoms with Gasteiger partial charge in [-0.15, -0.1) is 12.4 Å². The van der Waals surface area contributed by atoms with E-state index in [1.807, 2.05) is 27.7 Å². The average Bonchev–Trinajstić information content (AvgIpc) is 2.40. The van der Waals surface area contributed by atoms with Gasteiger partial charge < -0.3 is 10.1 Å². The van der Waals surface area contributed by atoms with Gasteiger partial charge in [0.05, 0.1) is 11.0 Å². The Morgan fingerprint density at radius 1 is 1.36 bits per heavy atom. The minimum atomic E-state index is -3.44. The monoisotopic (exact) mass is 348 g/mol. The van der Waals surface area contributed by atoms with E-state index in [1.54, 1.807) is 22.5 Å². The highest BCUT2D eigenvalue weighted by atomic mass is 35.5. The molecular weight excluding hydrogens is 324 g/mol. The molecule has 0 unspecified atom stereocenters. The van der Waals surface area contributed by atoms with Crippen LogP contribution in [0.15, 0.2) is 23.1 Å². The number of ether oxygens (including phenoxy) is 1. The summed E-state index contributed by atoms with van der Waals surface area (Å²) < 4.78 is 32.7. The zero-order valence-electron chi connectivity index (χ0n) is 13.5. The van der Waals surface area contributed by atoms with Crippen LogP contribution in [-0.2, 0) is 10.0 Å². The zero-order chi connectivity index (χ0) is 15.6. The number of aryl methyl sites for hydroxylation is 1. The van der Waals surface area contributed by atoms with Gasteiger partial charge in [-0.2, -0.15) is 4.31 Å². The molecule has 1 N–H and O–H groups in total. The van der Waals surface area contributed by atoms with Gasteiger partial charge in [0.25, 0.3) is 0 Å². The van der Waals surface area contributed by atoms with E-state index in [0.717, 1.165) is 11.3 Å². The van der Waals surface area contributed by atoms with Crippen LogP contribution < -0.4 is 10.1 Å². The number of sulfonamides is 1. The van der Waals surface area contributed by atoms with E-state index < -0.39 is 10.0 Å². The van der Waals surface area contributed by atoms with Gasteiger partial charge in [-0.3, -0.25) is 0 Å². The molecule has 0 amide bonds. The van der Waals surface area contributed by atoms with Crippen LogP contribution in [0.4, 0.5) is 0 Å². The molecule has 1 aromatic carbocycles. The Morgan fingerprint density at radius 2 is 2.05 bits per heavy atom. The van der Waals surface area contributed by atoms with E-state index in [0.29, 0.717) is 24.5 Å². The van der Waals surface area contributed by atoms with Crippen molar-refractivity contribution in [1.82, 2.24) is 9.62 Å². The molecule has 5 nitrogen and oxygen atoms in total. The highest BCUT2D eigenvalue weighted by Crippen LogP contribution is 2.26. The summed E-state index contributed by atoms with van der Waals surface area (Å²) in [6, 6.07) is 5.04. The standard InChI is InChI=1S/C15H24N2O3S.ClH/c1-11(2)20-15-6-5-14(9-12(15)3)21(18,19)17-8-7-16-10-13(17)4;/h5-6,9,11,13,16H,7-8,10H2,1-4H3;1H/t13-;/m0./s1. The number of piperazine rings is 1. The fourth-order valence-electron chi connectivity index (χ4n) is 2.48. The number of halogens is 1. The molecule has 1 aliphatic heterocycles. The minimum Gasteiger partial charge on any atom is -0.491 e. The Labute approximate surface area is 139 Å². The lowest BCUT2D eigenvalue weighted by molar-refractivity contribution is 0.240. The summed E-state index contributed by atoms with van der Waals surface area (Å²) in [6.45, 7) is 9.58. The first kappa shape index (κ1) is 19.2. The third-order valence-corrected chi connectivity index (χ3v) is 5.57. The fourth-order valence-corrected chi connectivity index (χ4v) is 4.20. The molecule has 0 aliphatic carbocycles. The maximum atomic E-state index is 12.7. The van der Waals surface area contributed by atoms with Crippen LogP contribution in [0.25, 0.3) is 0 Å². The molecule has 2 rings (SSSR count). The summed E-state index contributed by atoms with van der Waals surface area (Å²) in [5, 5.41) is 3.20. The number of hydrogen-bond acceptors (Lipinski definition) is 4. The van der Waals surface area contributed by atoms with E-state index in [1.165, 1.54) is 0 Å². The Kier molecular flexibility index (Phi) is 6.67. The maximum Gasteiger partial charge on any atom is 0.243 e. The quantitative estimate of drug-likeness (QED) is 0.906. The summed E-state index contributed by atoms with van der Waals surface area (Å²) >= 11 is 0. The first-order chi connectivity index (χ1) is 9.82. The predicted molar refractivity (Wildman–Crippen MR) is 90.4 cm³/mol. The van der Waals surface area contributed by atoms with Gasteiger partial charge in [-0.25, -0.2) is 8.42 Å². The lowest BCUT2D eigenvalue weighted by Crippen LogP contribution is -2.52.